The van der Waals surface area contributed by atoms with Crippen molar-refractivity contribution < 1.29 is 9.13 Å². The number of nitrogens with zero attached hydrogens (tertiary/aromatic N) is 5. The lowest BCUT2D eigenvalue weighted by Crippen LogP contribution is -2.50. The highest BCUT2D eigenvalue weighted by molar-refractivity contribution is 6.21. The Bertz CT molecular complexity index is 898. The van der Waals surface area contributed by atoms with Crippen LogP contribution < -0.4 is 9.64 Å². The first-order valence-electron chi connectivity index (χ1n) is 9.29. The Kier molecular flexibility index (Phi) is 4.55. The summed E-state index contributed by atoms with van der Waals surface area (Å²) in [6, 6.07) is 5.57. The molecule has 1 unspecified atom stereocenters. The molecule has 4 rings (SSSR count). The smallest absolute Gasteiger partial charge is 0.167 e. The molecule has 2 aliphatic rings. The molecule has 0 radical (unpaired) electrons. The molecule has 0 bridgehead atoms. The van der Waals surface area contributed by atoms with Gasteiger partial charge >= 0.3 is 0 Å². The predicted molar refractivity (Wildman–Crippen MR) is 104 cm³/mol. The van der Waals surface area contributed by atoms with E-state index in [1.54, 1.807) is 12.4 Å². The third-order valence-corrected chi connectivity index (χ3v) is 5.08. The molecule has 1 fully saturated rings. The minimum absolute atomic E-state index is 0.0945. The summed E-state index contributed by atoms with van der Waals surface area (Å²) < 4.78 is 19.7. The Labute approximate surface area is 158 Å². The first-order chi connectivity index (χ1) is 12.9. The van der Waals surface area contributed by atoms with E-state index >= 15 is 0 Å². The quantitative estimate of drug-likeness (QED) is 0.708. The fourth-order valence-corrected chi connectivity index (χ4v) is 3.40. The van der Waals surface area contributed by atoms with Gasteiger partial charge in [0.25, 0.3) is 0 Å². The molecule has 1 atom stereocenters. The molecule has 0 saturated carbocycles. The van der Waals surface area contributed by atoms with Crippen LogP contribution in [0, 0.1) is 5.82 Å². The molecule has 27 heavy (non-hydrogen) atoms. The molecule has 6 nitrogen and oxygen atoms in total. The van der Waals surface area contributed by atoms with Crippen molar-refractivity contribution in [2.24, 2.45) is 4.99 Å². The third kappa shape index (κ3) is 3.39. The van der Waals surface area contributed by atoms with Crippen molar-refractivity contribution in [2.75, 3.05) is 31.6 Å². The summed E-state index contributed by atoms with van der Waals surface area (Å²) in [7, 11) is 2.14. The number of rotatable bonds is 4. The number of piperazine rings is 1. The van der Waals surface area contributed by atoms with E-state index in [4.69, 9.17) is 4.74 Å². The summed E-state index contributed by atoms with van der Waals surface area (Å²) in [6.07, 6.45) is 1.48. The number of aliphatic imine (C=N–C) groups is 1. The van der Waals surface area contributed by atoms with Crippen molar-refractivity contribution in [3.8, 4) is 5.75 Å². The van der Waals surface area contributed by atoms with Crippen LogP contribution >= 0.6 is 0 Å². The van der Waals surface area contributed by atoms with Gasteiger partial charge in [0.05, 0.1) is 23.2 Å². The second-order valence-electron chi connectivity index (χ2n) is 7.46. The maximum absolute atomic E-state index is 14.1. The lowest BCUT2D eigenvalue weighted by Gasteiger charge is -2.38. The molecular weight excluding hydrogens is 345 g/mol. The zero-order valence-corrected chi connectivity index (χ0v) is 16.1. The molecule has 1 aromatic carbocycles. The van der Waals surface area contributed by atoms with Crippen molar-refractivity contribution >= 4 is 17.2 Å². The number of benzene rings is 1. The molecular formula is C20H24FN5O. The van der Waals surface area contributed by atoms with Crippen molar-refractivity contribution in [1.29, 1.82) is 0 Å². The van der Waals surface area contributed by atoms with Gasteiger partial charge in [0, 0.05) is 43.4 Å². The van der Waals surface area contributed by atoms with Crippen LogP contribution in [0.1, 0.15) is 32.0 Å². The normalized spacial score (nSPS) is 19.6. The van der Waals surface area contributed by atoms with E-state index in [0.717, 1.165) is 42.4 Å². The molecule has 0 N–H and O–H groups in total. The lowest BCUT2D eigenvalue weighted by molar-refractivity contribution is 0.231. The number of hydrogen-bond donors (Lipinski definition) is 0. The van der Waals surface area contributed by atoms with Gasteiger partial charge in [-0.1, -0.05) is 0 Å². The van der Waals surface area contributed by atoms with Gasteiger partial charge in [-0.3, -0.25) is 0 Å². The molecule has 142 valence electrons. The van der Waals surface area contributed by atoms with Gasteiger partial charge < -0.3 is 14.5 Å². The monoisotopic (exact) mass is 369 g/mol. The summed E-state index contributed by atoms with van der Waals surface area (Å²) in [5, 5.41) is 0. The number of ether oxygens (including phenoxy) is 1. The van der Waals surface area contributed by atoms with Crippen LogP contribution in [0.25, 0.3) is 0 Å². The number of likely N-dealkylation sites (N-methyl/N-ethyl adjacent to an activating group) is 1. The maximum Gasteiger partial charge on any atom is 0.167 e. The zero-order chi connectivity index (χ0) is 19.1. The first-order valence-corrected chi connectivity index (χ1v) is 9.29. The predicted octanol–water partition coefficient (Wildman–Crippen LogP) is 3.03. The highest BCUT2D eigenvalue weighted by Gasteiger charge is 2.27. The Morgan fingerprint density at radius 2 is 2.00 bits per heavy atom. The Balaban J connectivity index is 1.59. The average molecular weight is 369 g/mol. The molecule has 2 aromatic rings. The summed E-state index contributed by atoms with van der Waals surface area (Å²) >= 11 is 0. The number of hydrogen-bond acceptors (Lipinski definition) is 6. The van der Waals surface area contributed by atoms with Gasteiger partial charge in [0.1, 0.15) is 12.1 Å². The molecule has 3 heterocycles. The van der Waals surface area contributed by atoms with Gasteiger partial charge in [-0.15, -0.1) is 0 Å². The van der Waals surface area contributed by atoms with E-state index in [9.17, 15) is 4.39 Å². The van der Waals surface area contributed by atoms with Gasteiger partial charge in [0.2, 0.25) is 0 Å². The van der Waals surface area contributed by atoms with Crippen LogP contribution in [-0.2, 0) is 0 Å². The molecule has 7 heteroatoms. The summed E-state index contributed by atoms with van der Waals surface area (Å²) in [5.74, 6) is 0.759. The highest BCUT2D eigenvalue weighted by atomic mass is 19.1. The van der Waals surface area contributed by atoms with Crippen LogP contribution in [0.4, 0.5) is 15.9 Å². The molecule has 2 aliphatic heterocycles. The number of aromatic nitrogens is 2. The highest BCUT2D eigenvalue weighted by Crippen LogP contribution is 2.37. The lowest BCUT2D eigenvalue weighted by atomic mass is 9.98. The van der Waals surface area contributed by atoms with E-state index in [1.807, 2.05) is 19.9 Å². The van der Waals surface area contributed by atoms with E-state index in [0.29, 0.717) is 11.7 Å². The van der Waals surface area contributed by atoms with Crippen LogP contribution in [0.3, 0.4) is 0 Å². The largest absolute Gasteiger partial charge is 0.488 e. The summed E-state index contributed by atoms with van der Waals surface area (Å²) in [4.78, 5) is 17.9. The van der Waals surface area contributed by atoms with Gasteiger partial charge in [-0.05, 0) is 33.9 Å². The summed E-state index contributed by atoms with van der Waals surface area (Å²) in [5.41, 5.74) is 3.00. The maximum atomic E-state index is 14.1. The molecule has 0 amide bonds. The fraction of sp³-hybridized carbons (Fsp3) is 0.450. The Morgan fingerprint density at radius 1 is 1.19 bits per heavy atom. The van der Waals surface area contributed by atoms with Gasteiger partial charge in [0.15, 0.2) is 11.6 Å². The molecule has 1 saturated heterocycles. The Hall–Kier alpha value is -2.54. The van der Waals surface area contributed by atoms with Crippen molar-refractivity contribution in [3.63, 3.8) is 0 Å². The number of halogens is 1. The summed E-state index contributed by atoms with van der Waals surface area (Å²) in [6.45, 7) is 8.82. The van der Waals surface area contributed by atoms with Crippen molar-refractivity contribution in [2.45, 2.75) is 32.9 Å². The zero-order valence-electron chi connectivity index (χ0n) is 16.1. The second kappa shape index (κ2) is 6.88. The van der Waals surface area contributed by atoms with E-state index in [-0.39, 0.29) is 17.7 Å². The third-order valence-electron chi connectivity index (χ3n) is 5.08. The standard InChI is InChI=1S/C20H24FN5O/c1-12(2)27-18-7-14-16(8-15(18)21)24-20(14)17-9-19(23-11-22-17)26-6-5-25(4)13(3)10-26/h7-9,11-13H,5-6,10H2,1-4H3. The fourth-order valence-electron chi connectivity index (χ4n) is 3.40. The first kappa shape index (κ1) is 17.9. The van der Waals surface area contributed by atoms with Crippen LogP contribution in [-0.4, -0.2) is 59.4 Å². The van der Waals surface area contributed by atoms with Crippen molar-refractivity contribution in [3.05, 3.63) is 41.6 Å². The van der Waals surface area contributed by atoms with Crippen LogP contribution in [0.5, 0.6) is 5.75 Å². The molecule has 1 aromatic heterocycles. The number of fused-ring (bicyclic) bond motifs is 1. The van der Waals surface area contributed by atoms with Crippen molar-refractivity contribution in [1.82, 2.24) is 14.9 Å². The second-order valence-corrected chi connectivity index (χ2v) is 7.46. The van der Waals surface area contributed by atoms with E-state index < -0.39 is 0 Å². The minimum Gasteiger partial charge on any atom is -0.488 e. The topological polar surface area (TPSA) is 53.9 Å². The molecule has 0 spiro atoms. The van der Waals surface area contributed by atoms with E-state index in [2.05, 4.69) is 38.7 Å². The SMILES string of the molecule is CC(C)Oc1cc2c(cc1F)N=C2c1cc(N2CCN(C)C(C)C2)ncn1. The van der Waals surface area contributed by atoms with Gasteiger partial charge in [-0.25, -0.2) is 19.4 Å². The van der Waals surface area contributed by atoms with E-state index in [1.165, 1.54) is 6.07 Å². The van der Waals surface area contributed by atoms with Crippen LogP contribution in [0.15, 0.2) is 29.5 Å². The van der Waals surface area contributed by atoms with Crippen LogP contribution in [0.2, 0.25) is 0 Å². The minimum atomic E-state index is -0.389. The average Bonchev–Trinajstić information content (AvgIpc) is 2.62. The molecule has 0 aliphatic carbocycles. The Morgan fingerprint density at radius 3 is 2.74 bits per heavy atom. The number of anilines is 1. The van der Waals surface area contributed by atoms with Gasteiger partial charge in [-0.2, -0.15) is 0 Å².